The van der Waals surface area contributed by atoms with Crippen molar-refractivity contribution in [1.82, 2.24) is 9.97 Å². The Morgan fingerprint density at radius 2 is 1.95 bits per heavy atom. The maximum absolute atomic E-state index is 5.69. The second kappa shape index (κ2) is 4.78. The lowest BCUT2D eigenvalue weighted by Crippen LogP contribution is -2.24. The molecule has 1 unspecified atom stereocenters. The summed E-state index contributed by atoms with van der Waals surface area (Å²) in [5.41, 5.74) is 7.29. The van der Waals surface area contributed by atoms with E-state index in [-0.39, 0.29) is 5.41 Å². The Labute approximate surface area is 119 Å². The molecule has 0 bridgehead atoms. The van der Waals surface area contributed by atoms with Crippen LogP contribution in [-0.4, -0.2) is 23.1 Å². The number of nitrogens with two attached hydrogens (primary N) is 1. The van der Waals surface area contributed by atoms with Crippen LogP contribution in [-0.2, 0) is 0 Å². The number of nitrogens with zero attached hydrogens (tertiary/aromatic N) is 3. The van der Waals surface area contributed by atoms with Crippen LogP contribution in [0.1, 0.15) is 25.3 Å². The van der Waals surface area contributed by atoms with Gasteiger partial charge in [0.1, 0.15) is 5.82 Å². The quantitative estimate of drug-likeness (QED) is 0.910. The lowest BCUT2D eigenvalue weighted by molar-refractivity contribution is 0.365. The second-order valence-electron chi connectivity index (χ2n) is 6.11. The Bertz CT molecular complexity index is 594. The molecule has 2 aromatic rings. The van der Waals surface area contributed by atoms with Crippen molar-refractivity contribution in [2.75, 3.05) is 23.7 Å². The summed E-state index contributed by atoms with van der Waals surface area (Å²) >= 11 is 0. The molecule has 20 heavy (non-hydrogen) atoms. The van der Waals surface area contributed by atoms with Crippen LogP contribution in [0.3, 0.4) is 0 Å². The lowest BCUT2D eigenvalue weighted by Gasteiger charge is -2.25. The number of benzene rings is 1. The molecule has 104 valence electrons. The van der Waals surface area contributed by atoms with Crippen LogP contribution in [0.25, 0.3) is 0 Å². The van der Waals surface area contributed by atoms with Gasteiger partial charge in [-0.2, -0.15) is 4.98 Å². The van der Waals surface area contributed by atoms with Crippen LogP contribution in [0.15, 0.2) is 42.6 Å². The van der Waals surface area contributed by atoms with E-state index in [1.54, 1.807) is 6.20 Å². The summed E-state index contributed by atoms with van der Waals surface area (Å²) in [5, 5.41) is 0. The van der Waals surface area contributed by atoms with Crippen LogP contribution in [0.4, 0.5) is 11.8 Å². The molecular formula is C16H20N4. The van der Waals surface area contributed by atoms with E-state index >= 15 is 0 Å². The van der Waals surface area contributed by atoms with Gasteiger partial charge in [0.2, 0.25) is 5.95 Å². The van der Waals surface area contributed by atoms with Crippen molar-refractivity contribution >= 4 is 11.8 Å². The molecule has 0 amide bonds. The van der Waals surface area contributed by atoms with E-state index in [0.717, 1.165) is 18.9 Å². The van der Waals surface area contributed by atoms with Crippen molar-refractivity contribution in [2.24, 2.45) is 5.41 Å². The van der Waals surface area contributed by atoms with Crippen LogP contribution >= 0.6 is 0 Å². The van der Waals surface area contributed by atoms with E-state index in [1.807, 2.05) is 6.07 Å². The highest BCUT2D eigenvalue weighted by Gasteiger charge is 2.40. The summed E-state index contributed by atoms with van der Waals surface area (Å²) in [5.74, 6) is 1.76. The molecule has 1 fully saturated rings. The molecule has 4 nitrogen and oxygen atoms in total. The van der Waals surface area contributed by atoms with E-state index in [0.29, 0.717) is 11.9 Å². The van der Waals surface area contributed by atoms with Crippen molar-refractivity contribution in [2.45, 2.75) is 19.8 Å². The summed E-state index contributed by atoms with van der Waals surface area (Å²) in [7, 11) is 0. The minimum atomic E-state index is 0.209. The van der Waals surface area contributed by atoms with E-state index in [2.05, 4.69) is 59.0 Å². The van der Waals surface area contributed by atoms with Gasteiger partial charge in [0, 0.05) is 25.2 Å². The first kappa shape index (κ1) is 12.9. The topological polar surface area (TPSA) is 55.0 Å². The predicted octanol–water partition coefficient (Wildman–Crippen LogP) is 2.69. The number of rotatable bonds is 2. The molecule has 2 N–H and O–H groups in total. The Morgan fingerprint density at radius 1 is 1.20 bits per heavy atom. The van der Waals surface area contributed by atoms with Gasteiger partial charge in [-0.3, -0.25) is 0 Å². The van der Waals surface area contributed by atoms with Gasteiger partial charge in [-0.1, -0.05) is 44.2 Å². The van der Waals surface area contributed by atoms with Crippen LogP contribution < -0.4 is 10.6 Å². The average molecular weight is 268 g/mol. The monoisotopic (exact) mass is 268 g/mol. The standard InChI is InChI=1S/C16H20N4/c1-16(2)11-20(14-8-9-18-15(17)19-14)10-13(16)12-6-4-3-5-7-12/h3-9,13H,10-11H2,1-2H3,(H2,17,18,19). The Balaban J connectivity index is 1.89. The van der Waals surface area contributed by atoms with Crippen LogP contribution in [0.2, 0.25) is 0 Å². The number of anilines is 2. The Hall–Kier alpha value is -2.10. The van der Waals surface area contributed by atoms with Crippen molar-refractivity contribution in [3.63, 3.8) is 0 Å². The molecule has 1 aliphatic rings. The minimum Gasteiger partial charge on any atom is -0.368 e. The number of hydrogen-bond acceptors (Lipinski definition) is 4. The average Bonchev–Trinajstić information content (AvgIpc) is 2.76. The minimum absolute atomic E-state index is 0.209. The molecule has 0 spiro atoms. The van der Waals surface area contributed by atoms with Gasteiger partial charge in [-0.25, -0.2) is 4.98 Å². The van der Waals surface area contributed by atoms with Crippen molar-refractivity contribution in [1.29, 1.82) is 0 Å². The molecule has 1 atom stereocenters. The summed E-state index contributed by atoms with van der Waals surface area (Å²) < 4.78 is 0. The maximum atomic E-state index is 5.69. The van der Waals surface area contributed by atoms with Gasteiger partial charge in [0.25, 0.3) is 0 Å². The molecule has 1 aliphatic heterocycles. The van der Waals surface area contributed by atoms with Gasteiger partial charge >= 0.3 is 0 Å². The Morgan fingerprint density at radius 3 is 2.65 bits per heavy atom. The highest BCUT2D eigenvalue weighted by molar-refractivity contribution is 5.45. The van der Waals surface area contributed by atoms with E-state index in [9.17, 15) is 0 Å². The van der Waals surface area contributed by atoms with Gasteiger partial charge in [0.05, 0.1) is 0 Å². The van der Waals surface area contributed by atoms with Gasteiger partial charge in [-0.05, 0) is 17.0 Å². The molecular weight excluding hydrogens is 248 g/mol. The van der Waals surface area contributed by atoms with E-state index in [4.69, 9.17) is 5.73 Å². The third kappa shape index (κ3) is 2.33. The first-order valence-electron chi connectivity index (χ1n) is 6.95. The fourth-order valence-electron chi connectivity index (χ4n) is 3.09. The van der Waals surface area contributed by atoms with Crippen molar-refractivity contribution < 1.29 is 0 Å². The number of nitrogen functional groups attached to an aromatic ring is 1. The predicted molar refractivity (Wildman–Crippen MR) is 81.6 cm³/mol. The SMILES string of the molecule is CC1(C)CN(c2ccnc(N)n2)CC1c1ccccc1. The highest BCUT2D eigenvalue weighted by atomic mass is 15.2. The summed E-state index contributed by atoms with van der Waals surface area (Å²) in [4.78, 5) is 10.6. The normalized spacial score (nSPS) is 21.1. The molecule has 0 saturated carbocycles. The van der Waals surface area contributed by atoms with E-state index < -0.39 is 0 Å². The summed E-state index contributed by atoms with van der Waals surface area (Å²) in [6.45, 7) is 6.57. The first-order chi connectivity index (χ1) is 9.56. The molecule has 0 radical (unpaired) electrons. The zero-order valence-electron chi connectivity index (χ0n) is 12.0. The number of hydrogen-bond donors (Lipinski definition) is 1. The maximum Gasteiger partial charge on any atom is 0.221 e. The van der Waals surface area contributed by atoms with Gasteiger partial charge in [-0.15, -0.1) is 0 Å². The number of aromatic nitrogens is 2. The van der Waals surface area contributed by atoms with Crippen molar-refractivity contribution in [3.05, 3.63) is 48.2 Å². The largest absolute Gasteiger partial charge is 0.368 e. The molecule has 0 aliphatic carbocycles. The van der Waals surface area contributed by atoms with Crippen LogP contribution in [0.5, 0.6) is 0 Å². The summed E-state index contributed by atoms with van der Waals surface area (Å²) in [6.07, 6.45) is 1.72. The highest BCUT2D eigenvalue weighted by Crippen LogP contribution is 2.43. The molecule has 1 aromatic heterocycles. The molecule has 3 rings (SSSR count). The smallest absolute Gasteiger partial charge is 0.221 e. The fraction of sp³-hybridized carbons (Fsp3) is 0.375. The first-order valence-corrected chi connectivity index (χ1v) is 6.95. The third-order valence-corrected chi connectivity index (χ3v) is 4.13. The lowest BCUT2D eigenvalue weighted by atomic mass is 9.78. The fourth-order valence-corrected chi connectivity index (χ4v) is 3.09. The molecule has 1 aromatic carbocycles. The zero-order valence-corrected chi connectivity index (χ0v) is 12.0. The van der Waals surface area contributed by atoms with Gasteiger partial charge < -0.3 is 10.6 Å². The zero-order chi connectivity index (χ0) is 14.2. The van der Waals surface area contributed by atoms with Crippen molar-refractivity contribution in [3.8, 4) is 0 Å². The third-order valence-electron chi connectivity index (χ3n) is 4.13. The van der Waals surface area contributed by atoms with E-state index in [1.165, 1.54) is 5.56 Å². The molecule has 1 saturated heterocycles. The van der Waals surface area contributed by atoms with Crippen LogP contribution in [0, 0.1) is 5.41 Å². The van der Waals surface area contributed by atoms with Gasteiger partial charge in [0.15, 0.2) is 0 Å². The second-order valence-corrected chi connectivity index (χ2v) is 6.11. The summed E-state index contributed by atoms with van der Waals surface area (Å²) in [6, 6.07) is 12.6. The molecule has 2 heterocycles. The molecule has 4 heteroatoms. The Kier molecular flexibility index (Phi) is 3.08.